The molecule has 0 aliphatic rings. The van der Waals surface area contributed by atoms with Crippen LogP contribution < -0.4 is 5.32 Å². The van der Waals surface area contributed by atoms with Crippen LogP contribution in [0.3, 0.4) is 0 Å². The van der Waals surface area contributed by atoms with Crippen molar-refractivity contribution in [1.29, 1.82) is 0 Å². The van der Waals surface area contributed by atoms with Crippen LogP contribution in [0.4, 0.5) is 0 Å². The van der Waals surface area contributed by atoms with Gasteiger partial charge in [-0.3, -0.25) is 9.59 Å². The van der Waals surface area contributed by atoms with Gasteiger partial charge in [-0.25, -0.2) is 4.79 Å². The fourth-order valence-electron chi connectivity index (χ4n) is 5.42. The molecule has 254 valence electrons. The van der Waals surface area contributed by atoms with E-state index in [-0.39, 0.29) is 30.8 Å². The molecule has 0 aliphatic heterocycles. The van der Waals surface area contributed by atoms with Crippen LogP contribution >= 0.6 is 0 Å². The Morgan fingerprint density at radius 2 is 0.977 bits per heavy atom. The number of carbonyl (C=O) groups excluding carboxylic acids is 3. The highest BCUT2D eigenvalue weighted by atomic mass is 16.5. The molecule has 0 heterocycles. The van der Waals surface area contributed by atoms with Crippen molar-refractivity contribution >= 4 is 17.8 Å². The molecule has 0 spiro atoms. The smallest absolute Gasteiger partial charge is 0.328 e. The normalized spacial score (nSPS) is 12.6. The van der Waals surface area contributed by atoms with Crippen molar-refractivity contribution in [3.8, 4) is 0 Å². The topological polar surface area (TPSA) is 81.7 Å². The van der Waals surface area contributed by atoms with Crippen LogP contribution in [-0.4, -0.2) is 36.6 Å². The summed E-state index contributed by atoms with van der Waals surface area (Å²) in [6.45, 7) is 8.98. The Morgan fingerprint density at radius 3 is 1.49 bits per heavy atom. The van der Waals surface area contributed by atoms with Gasteiger partial charge in [0.15, 0.2) is 0 Å². The third-order valence-electron chi connectivity index (χ3n) is 8.31. The monoisotopic (exact) mass is 610 g/mol. The Bertz CT molecular complexity index is 653. The van der Waals surface area contributed by atoms with E-state index in [0.717, 1.165) is 57.8 Å². The molecule has 1 amide bonds. The van der Waals surface area contributed by atoms with Crippen molar-refractivity contribution in [3.63, 3.8) is 0 Å². The number of hydrogen-bond acceptors (Lipinski definition) is 5. The maximum absolute atomic E-state index is 13.0. The Balaban J connectivity index is 4.41. The SMILES string of the molecule is CCCCCCCCCCCCOC(=O)CC[C@H](NC(=O)CCCCCCCCCCC)C(=O)OC(C)CCCCCC. The van der Waals surface area contributed by atoms with E-state index in [9.17, 15) is 14.4 Å². The Kier molecular flexibility index (Phi) is 30.6. The zero-order chi connectivity index (χ0) is 31.8. The molecule has 0 radical (unpaired) electrons. The Hall–Kier alpha value is -1.59. The highest BCUT2D eigenvalue weighted by Crippen LogP contribution is 2.14. The molecule has 0 aromatic rings. The number of hydrogen-bond donors (Lipinski definition) is 1. The first-order chi connectivity index (χ1) is 20.9. The lowest BCUT2D eigenvalue weighted by atomic mass is 10.1. The van der Waals surface area contributed by atoms with Gasteiger partial charge >= 0.3 is 11.9 Å². The van der Waals surface area contributed by atoms with E-state index >= 15 is 0 Å². The van der Waals surface area contributed by atoms with E-state index in [2.05, 4.69) is 26.1 Å². The second-order valence-electron chi connectivity index (χ2n) is 12.7. The summed E-state index contributed by atoms with van der Waals surface area (Å²) in [5.41, 5.74) is 0. The molecule has 1 unspecified atom stereocenters. The molecule has 0 fully saturated rings. The standard InChI is InChI=1S/C37H71NO5/c1-5-8-11-14-16-18-20-22-24-27-32-42-36(40)31-30-34(37(41)43-33(4)28-25-13-10-7-3)38-35(39)29-26-23-21-19-17-15-12-9-6-2/h33-34H,5-32H2,1-4H3,(H,38,39)/t33?,34-/m0/s1. The first-order valence-corrected chi connectivity index (χ1v) is 18.6. The van der Waals surface area contributed by atoms with E-state index in [1.165, 1.54) is 96.3 Å². The van der Waals surface area contributed by atoms with Gasteiger partial charge in [-0.05, 0) is 39.0 Å². The van der Waals surface area contributed by atoms with Gasteiger partial charge < -0.3 is 14.8 Å². The van der Waals surface area contributed by atoms with Gasteiger partial charge in [0.1, 0.15) is 6.04 Å². The molecule has 0 rings (SSSR count). The third kappa shape index (κ3) is 28.9. The summed E-state index contributed by atoms with van der Waals surface area (Å²) in [4.78, 5) is 38.1. The van der Waals surface area contributed by atoms with E-state index in [1.54, 1.807) is 0 Å². The van der Waals surface area contributed by atoms with Crippen LogP contribution in [0, 0.1) is 0 Å². The number of unbranched alkanes of at least 4 members (excludes halogenated alkanes) is 20. The molecule has 1 N–H and O–H groups in total. The second-order valence-corrected chi connectivity index (χ2v) is 12.7. The summed E-state index contributed by atoms with van der Waals surface area (Å²) in [6, 6.07) is -0.811. The number of ether oxygens (including phenoxy) is 2. The number of rotatable bonds is 32. The molecule has 43 heavy (non-hydrogen) atoms. The van der Waals surface area contributed by atoms with Crippen molar-refractivity contribution < 1.29 is 23.9 Å². The minimum Gasteiger partial charge on any atom is -0.466 e. The van der Waals surface area contributed by atoms with Gasteiger partial charge in [-0.1, -0.05) is 149 Å². The van der Waals surface area contributed by atoms with Crippen molar-refractivity contribution in [1.82, 2.24) is 5.32 Å². The lowest BCUT2D eigenvalue weighted by Crippen LogP contribution is -2.43. The average molecular weight is 610 g/mol. The van der Waals surface area contributed by atoms with Crippen molar-refractivity contribution in [2.75, 3.05) is 6.61 Å². The quantitative estimate of drug-likeness (QED) is 0.0606. The van der Waals surface area contributed by atoms with Gasteiger partial charge in [-0.2, -0.15) is 0 Å². The highest BCUT2D eigenvalue weighted by molar-refractivity contribution is 5.85. The van der Waals surface area contributed by atoms with E-state index in [0.29, 0.717) is 13.0 Å². The minimum atomic E-state index is -0.811. The lowest BCUT2D eigenvalue weighted by Gasteiger charge is -2.20. The molecule has 0 saturated heterocycles. The Labute approximate surface area is 266 Å². The molecular formula is C37H71NO5. The highest BCUT2D eigenvalue weighted by Gasteiger charge is 2.25. The van der Waals surface area contributed by atoms with Crippen LogP contribution in [0.5, 0.6) is 0 Å². The fraction of sp³-hybridized carbons (Fsp3) is 0.919. The zero-order valence-electron chi connectivity index (χ0n) is 29.0. The van der Waals surface area contributed by atoms with Gasteiger partial charge in [-0.15, -0.1) is 0 Å². The largest absolute Gasteiger partial charge is 0.466 e. The minimum absolute atomic E-state index is 0.0979. The number of carbonyl (C=O) groups is 3. The summed E-state index contributed by atoms with van der Waals surface area (Å²) in [6.07, 6.45) is 28.8. The van der Waals surface area contributed by atoms with Gasteiger partial charge in [0.2, 0.25) is 5.91 Å². The van der Waals surface area contributed by atoms with E-state index in [4.69, 9.17) is 9.47 Å². The van der Waals surface area contributed by atoms with E-state index < -0.39 is 12.0 Å². The maximum Gasteiger partial charge on any atom is 0.328 e. The first-order valence-electron chi connectivity index (χ1n) is 18.6. The molecular weight excluding hydrogens is 538 g/mol. The molecule has 0 aliphatic carbocycles. The molecule has 0 aromatic heterocycles. The van der Waals surface area contributed by atoms with Gasteiger partial charge in [0, 0.05) is 12.8 Å². The van der Waals surface area contributed by atoms with Crippen LogP contribution in [0.2, 0.25) is 0 Å². The van der Waals surface area contributed by atoms with Crippen molar-refractivity contribution in [2.24, 2.45) is 0 Å². The summed E-state index contributed by atoms with van der Waals surface area (Å²) in [7, 11) is 0. The van der Waals surface area contributed by atoms with Crippen molar-refractivity contribution in [3.05, 3.63) is 0 Å². The molecule has 0 aromatic carbocycles. The number of nitrogens with one attached hydrogen (secondary N) is 1. The van der Waals surface area contributed by atoms with Crippen LogP contribution in [-0.2, 0) is 23.9 Å². The van der Waals surface area contributed by atoms with Crippen molar-refractivity contribution in [2.45, 2.75) is 213 Å². The molecule has 6 nitrogen and oxygen atoms in total. The fourth-order valence-corrected chi connectivity index (χ4v) is 5.42. The second kappa shape index (κ2) is 31.8. The van der Waals surface area contributed by atoms with E-state index in [1.807, 2.05) is 6.92 Å². The predicted molar refractivity (Wildman–Crippen MR) is 180 cm³/mol. The summed E-state index contributed by atoms with van der Waals surface area (Å²) < 4.78 is 11.1. The van der Waals surface area contributed by atoms with Gasteiger partial charge in [0.25, 0.3) is 0 Å². The molecule has 0 saturated carbocycles. The molecule has 2 atom stereocenters. The maximum atomic E-state index is 13.0. The zero-order valence-corrected chi connectivity index (χ0v) is 29.0. The van der Waals surface area contributed by atoms with Crippen LogP contribution in [0.25, 0.3) is 0 Å². The van der Waals surface area contributed by atoms with Crippen LogP contribution in [0.1, 0.15) is 201 Å². The predicted octanol–water partition coefficient (Wildman–Crippen LogP) is 10.5. The number of amides is 1. The summed E-state index contributed by atoms with van der Waals surface area (Å²) in [5, 5.41) is 2.87. The lowest BCUT2D eigenvalue weighted by molar-refractivity contribution is -0.153. The molecule has 6 heteroatoms. The summed E-state index contributed by atoms with van der Waals surface area (Å²) >= 11 is 0. The van der Waals surface area contributed by atoms with Crippen LogP contribution in [0.15, 0.2) is 0 Å². The Morgan fingerprint density at radius 1 is 0.535 bits per heavy atom. The number of esters is 2. The summed E-state index contributed by atoms with van der Waals surface area (Å²) in [5.74, 6) is -0.889. The molecule has 0 bridgehead atoms. The third-order valence-corrected chi connectivity index (χ3v) is 8.31. The first kappa shape index (κ1) is 41.4. The van der Waals surface area contributed by atoms with Gasteiger partial charge in [0.05, 0.1) is 12.7 Å². The average Bonchev–Trinajstić information content (AvgIpc) is 2.99.